The average Bonchev–Trinajstić information content (AvgIpc) is 3.08. The molecule has 0 aliphatic carbocycles. The number of hydrogen-bond acceptors (Lipinski definition) is 6. The van der Waals surface area contributed by atoms with E-state index >= 15 is 0 Å². The Kier molecular flexibility index (Phi) is 6.62. The van der Waals surface area contributed by atoms with Crippen LogP contribution in [0.1, 0.15) is 21.5 Å². The van der Waals surface area contributed by atoms with E-state index in [0.29, 0.717) is 47.6 Å². The van der Waals surface area contributed by atoms with Gasteiger partial charge in [0.2, 0.25) is 0 Å². The lowest BCUT2D eigenvalue weighted by molar-refractivity contribution is -0.121. The molecule has 2 aromatic rings. The number of hydrogen-bond donors (Lipinski definition) is 0. The number of morpholine rings is 1. The highest BCUT2D eigenvalue weighted by atomic mass is 32.2. The first-order chi connectivity index (χ1) is 15.5. The first-order valence-corrected chi connectivity index (χ1v) is 11.2. The molecule has 2 fully saturated rings. The molecule has 2 heterocycles. The molecule has 0 saturated carbocycles. The number of amides is 2. The number of rotatable bonds is 4. The van der Waals surface area contributed by atoms with Crippen molar-refractivity contribution in [3.05, 3.63) is 64.1 Å². The second-order valence-electron chi connectivity index (χ2n) is 7.55. The predicted molar refractivity (Wildman–Crippen MR) is 126 cm³/mol. The van der Waals surface area contributed by atoms with Crippen LogP contribution in [0, 0.1) is 6.92 Å². The van der Waals surface area contributed by atoms with Gasteiger partial charge in [-0.25, -0.2) is 4.99 Å². The minimum atomic E-state index is -0.117. The number of aliphatic imine (C=N–C) groups is 1. The van der Waals surface area contributed by atoms with Crippen LogP contribution in [0.2, 0.25) is 0 Å². The number of methoxy groups -OCH3 is 1. The fraction of sp³-hybridized carbons (Fsp3) is 0.292. The monoisotopic (exact) mass is 451 g/mol. The first-order valence-electron chi connectivity index (χ1n) is 10.3. The normalized spacial score (nSPS) is 19.2. The zero-order chi connectivity index (χ0) is 22.7. The van der Waals surface area contributed by atoms with Crippen LogP contribution in [-0.4, -0.2) is 67.2 Å². The Morgan fingerprint density at radius 2 is 1.97 bits per heavy atom. The molecule has 166 valence electrons. The highest BCUT2D eigenvalue weighted by molar-refractivity contribution is 8.18. The molecule has 32 heavy (non-hydrogen) atoms. The summed E-state index contributed by atoms with van der Waals surface area (Å²) in [5.41, 5.74) is 3.12. The summed E-state index contributed by atoms with van der Waals surface area (Å²) < 4.78 is 10.7. The van der Waals surface area contributed by atoms with Crippen LogP contribution in [-0.2, 0) is 9.53 Å². The van der Waals surface area contributed by atoms with Crippen molar-refractivity contribution < 1.29 is 19.1 Å². The summed E-state index contributed by atoms with van der Waals surface area (Å²) >= 11 is 1.31. The smallest absolute Gasteiger partial charge is 0.266 e. The van der Waals surface area contributed by atoms with E-state index in [-0.39, 0.29) is 11.8 Å². The predicted octanol–water partition coefficient (Wildman–Crippen LogP) is 3.71. The Labute approximate surface area is 191 Å². The van der Waals surface area contributed by atoms with E-state index in [1.54, 1.807) is 31.2 Å². The van der Waals surface area contributed by atoms with Gasteiger partial charge in [-0.3, -0.25) is 14.5 Å². The molecule has 0 bridgehead atoms. The quantitative estimate of drug-likeness (QED) is 0.663. The number of carbonyl (C=O) groups excluding carboxylic acids is 2. The van der Waals surface area contributed by atoms with Crippen LogP contribution in [0.3, 0.4) is 0 Å². The number of amidine groups is 1. The summed E-state index contributed by atoms with van der Waals surface area (Å²) in [4.78, 5) is 34.1. The van der Waals surface area contributed by atoms with Gasteiger partial charge in [-0.05, 0) is 60.2 Å². The summed E-state index contributed by atoms with van der Waals surface area (Å²) in [5.74, 6) is 0.625. The van der Waals surface area contributed by atoms with E-state index in [2.05, 4.69) is 4.99 Å². The molecule has 4 rings (SSSR count). The molecule has 8 heteroatoms. The summed E-state index contributed by atoms with van der Waals surface area (Å²) in [6.07, 6.45) is 1.84. The molecule has 2 aliphatic heterocycles. The molecule has 7 nitrogen and oxygen atoms in total. The van der Waals surface area contributed by atoms with Crippen LogP contribution < -0.4 is 4.74 Å². The maximum atomic E-state index is 12.8. The molecule has 2 aromatic carbocycles. The van der Waals surface area contributed by atoms with Gasteiger partial charge in [-0.1, -0.05) is 18.2 Å². The van der Waals surface area contributed by atoms with Gasteiger partial charge in [0, 0.05) is 25.7 Å². The molecule has 2 amide bonds. The third-order valence-corrected chi connectivity index (χ3v) is 6.41. The highest BCUT2D eigenvalue weighted by Gasteiger charge is 2.30. The minimum Gasteiger partial charge on any atom is -0.496 e. The molecule has 2 aliphatic rings. The van der Waals surface area contributed by atoms with Gasteiger partial charge in [-0.2, -0.15) is 0 Å². The Balaban J connectivity index is 1.56. The van der Waals surface area contributed by atoms with Crippen molar-refractivity contribution in [2.45, 2.75) is 6.92 Å². The number of nitrogens with zero attached hydrogens (tertiary/aromatic N) is 3. The fourth-order valence-corrected chi connectivity index (χ4v) is 4.48. The topological polar surface area (TPSA) is 71.4 Å². The van der Waals surface area contributed by atoms with E-state index in [9.17, 15) is 9.59 Å². The van der Waals surface area contributed by atoms with Gasteiger partial charge in [0.15, 0.2) is 5.17 Å². The molecule has 2 saturated heterocycles. The number of aryl methyl sites for hydroxylation is 1. The van der Waals surface area contributed by atoms with E-state index < -0.39 is 0 Å². The lowest BCUT2D eigenvalue weighted by atomic mass is 10.1. The molecule has 0 aromatic heterocycles. The van der Waals surface area contributed by atoms with Gasteiger partial charge < -0.3 is 14.4 Å². The lowest BCUT2D eigenvalue weighted by Crippen LogP contribution is -2.40. The Morgan fingerprint density at radius 1 is 1.19 bits per heavy atom. The number of thioether (sulfide) groups is 1. The highest BCUT2D eigenvalue weighted by Crippen LogP contribution is 2.34. The summed E-state index contributed by atoms with van der Waals surface area (Å²) in [6.45, 7) is 4.26. The third kappa shape index (κ3) is 4.71. The van der Waals surface area contributed by atoms with Crippen LogP contribution in [0.15, 0.2) is 52.4 Å². The van der Waals surface area contributed by atoms with Crippen LogP contribution in [0.25, 0.3) is 6.08 Å². The van der Waals surface area contributed by atoms with Gasteiger partial charge >= 0.3 is 0 Å². The Bertz CT molecular complexity index is 1110. The second kappa shape index (κ2) is 9.58. The molecule has 0 N–H and O–H groups in total. The zero-order valence-corrected chi connectivity index (χ0v) is 19.1. The first kappa shape index (κ1) is 22.1. The van der Waals surface area contributed by atoms with Gasteiger partial charge in [0.25, 0.3) is 11.8 Å². The molecule has 0 spiro atoms. The average molecular weight is 452 g/mol. The lowest BCUT2D eigenvalue weighted by Gasteiger charge is -2.26. The number of ether oxygens (including phenoxy) is 2. The van der Waals surface area contributed by atoms with Crippen molar-refractivity contribution >= 4 is 40.5 Å². The molecular formula is C24H25N3O4S. The summed E-state index contributed by atoms with van der Waals surface area (Å²) in [6, 6.07) is 13.0. The van der Waals surface area contributed by atoms with Crippen LogP contribution in [0.5, 0.6) is 5.75 Å². The maximum absolute atomic E-state index is 12.8. The Morgan fingerprint density at radius 3 is 2.72 bits per heavy atom. The van der Waals surface area contributed by atoms with E-state index in [4.69, 9.17) is 9.47 Å². The largest absolute Gasteiger partial charge is 0.496 e. The Hall–Kier alpha value is -3.10. The fourth-order valence-electron chi connectivity index (χ4n) is 3.50. The van der Waals surface area contributed by atoms with Crippen molar-refractivity contribution in [3.8, 4) is 5.75 Å². The zero-order valence-electron chi connectivity index (χ0n) is 18.3. The summed E-state index contributed by atoms with van der Waals surface area (Å²) in [7, 11) is 3.33. The van der Waals surface area contributed by atoms with E-state index in [1.807, 2.05) is 43.3 Å². The maximum Gasteiger partial charge on any atom is 0.266 e. The molecule has 0 radical (unpaired) electrons. The third-order valence-electron chi connectivity index (χ3n) is 5.35. The molecular weight excluding hydrogens is 426 g/mol. The van der Waals surface area contributed by atoms with Crippen molar-refractivity contribution in [1.82, 2.24) is 9.80 Å². The number of likely N-dealkylation sites (N-methyl/N-ethyl adjacent to an activating group) is 1. The standard InChI is InChI=1S/C24H25N3O4S/c1-16-7-8-17(13-20(16)30-3)14-21-23(29)26(2)24(32-21)25-19-6-4-5-18(15-19)22(28)27-9-11-31-12-10-27/h4-8,13-15H,9-12H2,1-3H3/b21-14+,25-24?. The van der Waals surface area contributed by atoms with Crippen molar-refractivity contribution in [3.63, 3.8) is 0 Å². The second-order valence-corrected chi connectivity index (χ2v) is 8.56. The SMILES string of the molecule is COc1cc(/C=C2/SC(=Nc3cccc(C(=O)N4CCOCC4)c3)N(C)C2=O)ccc1C. The summed E-state index contributed by atoms with van der Waals surface area (Å²) in [5, 5.41) is 0.566. The van der Waals surface area contributed by atoms with E-state index in [1.165, 1.54) is 16.7 Å². The van der Waals surface area contributed by atoms with Crippen LogP contribution in [0.4, 0.5) is 5.69 Å². The van der Waals surface area contributed by atoms with Crippen molar-refractivity contribution in [1.29, 1.82) is 0 Å². The van der Waals surface area contributed by atoms with Crippen molar-refractivity contribution in [2.75, 3.05) is 40.5 Å². The number of carbonyl (C=O) groups is 2. The van der Waals surface area contributed by atoms with Gasteiger partial charge in [-0.15, -0.1) is 0 Å². The van der Waals surface area contributed by atoms with Gasteiger partial charge in [0.1, 0.15) is 5.75 Å². The molecule has 0 atom stereocenters. The number of benzene rings is 2. The van der Waals surface area contributed by atoms with E-state index in [0.717, 1.165) is 16.9 Å². The van der Waals surface area contributed by atoms with Gasteiger partial charge in [0.05, 0.1) is 30.9 Å². The minimum absolute atomic E-state index is 0.0345. The molecule has 0 unspecified atom stereocenters. The van der Waals surface area contributed by atoms with Crippen LogP contribution >= 0.6 is 11.8 Å². The van der Waals surface area contributed by atoms with Crippen molar-refractivity contribution in [2.24, 2.45) is 4.99 Å².